The van der Waals surface area contributed by atoms with E-state index in [1.807, 2.05) is 6.92 Å². The largest absolute Gasteiger partial charge is 0.322 e. The summed E-state index contributed by atoms with van der Waals surface area (Å²) in [6, 6.07) is 2.15. The minimum Gasteiger partial charge on any atom is -0.322 e. The number of hydrogen-bond donors (Lipinski definition) is 1. The molecule has 1 aromatic carbocycles. The Bertz CT molecular complexity index is 460. The lowest BCUT2D eigenvalue weighted by Crippen LogP contribution is -2.08. The smallest absolute Gasteiger partial charge is 0.248 e. The molecule has 1 aromatic rings. The molecule has 0 aromatic heterocycles. The van der Waals surface area contributed by atoms with Gasteiger partial charge in [0.1, 0.15) is 11.6 Å². The van der Waals surface area contributed by atoms with Gasteiger partial charge in [0, 0.05) is 11.8 Å². The highest BCUT2D eigenvalue weighted by Crippen LogP contribution is 2.20. The fraction of sp³-hybridized carbons (Fsp3) is 0.0833. The summed E-state index contributed by atoms with van der Waals surface area (Å²) < 4.78 is 26.2. The van der Waals surface area contributed by atoms with E-state index < -0.39 is 17.5 Å². The summed E-state index contributed by atoms with van der Waals surface area (Å²) in [5.41, 5.74) is 0.0931. The second-order valence-corrected chi connectivity index (χ2v) is 4.21. The number of rotatable bonds is 3. The Morgan fingerprint density at radius 1 is 1.29 bits per heavy atom. The number of nitrogens with one attached hydrogen (secondary N) is 1. The number of hydrogen-bond acceptors (Lipinski definition) is 1. The van der Waals surface area contributed by atoms with Crippen molar-refractivity contribution in [3.05, 3.63) is 51.6 Å². The maximum absolute atomic E-state index is 13.2. The van der Waals surface area contributed by atoms with E-state index in [0.29, 0.717) is 0 Å². The third-order valence-corrected chi connectivity index (χ3v) is 2.83. The van der Waals surface area contributed by atoms with Crippen LogP contribution >= 0.6 is 22.6 Å². The average molecular weight is 349 g/mol. The number of carbonyl (C=O) groups excluding carboxylic acids is 1. The van der Waals surface area contributed by atoms with Crippen LogP contribution in [-0.4, -0.2) is 5.91 Å². The summed E-state index contributed by atoms with van der Waals surface area (Å²) in [6.45, 7) is 1.81. The Kier molecular flexibility index (Phi) is 5.27. The van der Waals surface area contributed by atoms with Gasteiger partial charge in [0.2, 0.25) is 5.91 Å². The Balaban J connectivity index is 2.79. The lowest BCUT2D eigenvalue weighted by atomic mass is 10.3. The van der Waals surface area contributed by atoms with Crippen molar-refractivity contribution >= 4 is 34.2 Å². The second-order valence-electron chi connectivity index (χ2n) is 3.13. The van der Waals surface area contributed by atoms with Crippen LogP contribution in [-0.2, 0) is 4.79 Å². The molecule has 0 atom stereocenters. The molecule has 5 heteroatoms. The first-order valence-electron chi connectivity index (χ1n) is 4.79. The van der Waals surface area contributed by atoms with Crippen LogP contribution in [0.3, 0.4) is 0 Å². The minimum atomic E-state index is -0.696. The molecular weight excluding hydrogens is 339 g/mol. The predicted molar refractivity (Wildman–Crippen MR) is 71.7 cm³/mol. The normalized spacial score (nSPS) is 11.3. The number of halogens is 3. The first kappa shape index (κ1) is 13.8. The van der Waals surface area contributed by atoms with Crippen LogP contribution in [0.5, 0.6) is 0 Å². The molecule has 0 unspecified atom stereocenters. The van der Waals surface area contributed by atoms with E-state index in [0.717, 1.165) is 12.1 Å². The van der Waals surface area contributed by atoms with Crippen LogP contribution in [0.15, 0.2) is 36.4 Å². The molecule has 2 nitrogen and oxygen atoms in total. The molecule has 0 radical (unpaired) electrons. The zero-order chi connectivity index (χ0) is 12.8. The van der Waals surface area contributed by atoms with Crippen molar-refractivity contribution in [1.29, 1.82) is 0 Å². The quantitative estimate of drug-likeness (QED) is 0.384. The van der Waals surface area contributed by atoms with Crippen LogP contribution in [0.1, 0.15) is 6.92 Å². The van der Waals surface area contributed by atoms with E-state index in [4.69, 9.17) is 0 Å². The number of allylic oxidation sites excluding steroid dienone is 3. The van der Waals surface area contributed by atoms with Crippen molar-refractivity contribution in [3.63, 3.8) is 0 Å². The molecule has 0 aliphatic heterocycles. The number of anilines is 1. The molecular formula is C12H10F2INO. The first-order valence-corrected chi connectivity index (χ1v) is 5.87. The van der Waals surface area contributed by atoms with Gasteiger partial charge in [0.15, 0.2) is 0 Å². The third kappa shape index (κ3) is 4.26. The summed E-state index contributed by atoms with van der Waals surface area (Å²) in [5, 5.41) is 2.37. The monoisotopic (exact) mass is 349 g/mol. The maximum atomic E-state index is 13.2. The molecule has 1 rings (SSSR count). The predicted octanol–water partition coefficient (Wildman–Crippen LogP) is 3.64. The van der Waals surface area contributed by atoms with Gasteiger partial charge in [-0.1, -0.05) is 18.2 Å². The Morgan fingerprint density at radius 3 is 2.41 bits per heavy atom. The van der Waals surface area contributed by atoms with Gasteiger partial charge in [-0.2, -0.15) is 0 Å². The second kappa shape index (κ2) is 6.48. The van der Waals surface area contributed by atoms with Gasteiger partial charge in [-0.05, 0) is 41.6 Å². The van der Waals surface area contributed by atoms with E-state index in [1.165, 1.54) is 12.2 Å². The van der Waals surface area contributed by atoms with Gasteiger partial charge in [-0.15, -0.1) is 0 Å². The van der Waals surface area contributed by atoms with Gasteiger partial charge < -0.3 is 5.32 Å². The van der Waals surface area contributed by atoms with Gasteiger partial charge >= 0.3 is 0 Å². The fourth-order valence-electron chi connectivity index (χ4n) is 1.07. The van der Waals surface area contributed by atoms with Crippen LogP contribution < -0.4 is 5.32 Å². The van der Waals surface area contributed by atoms with Crippen LogP contribution in [0.4, 0.5) is 14.5 Å². The average Bonchev–Trinajstić information content (AvgIpc) is 2.26. The summed E-state index contributed by atoms with van der Waals surface area (Å²) in [5.74, 6) is -1.83. The molecule has 0 aliphatic carbocycles. The summed E-state index contributed by atoms with van der Waals surface area (Å²) in [4.78, 5) is 11.3. The van der Waals surface area contributed by atoms with Gasteiger partial charge in [0.05, 0.1) is 3.57 Å². The van der Waals surface area contributed by atoms with Crippen molar-refractivity contribution in [2.75, 3.05) is 5.32 Å². The zero-order valence-electron chi connectivity index (χ0n) is 9.01. The van der Waals surface area contributed by atoms with E-state index in [9.17, 15) is 13.6 Å². The lowest BCUT2D eigenvalue weighted by Gasteiger charge is -2.04. The maximum Gasteiger partial charge on any atom is 0.248 e. The summed E-state index contributed by atoms with van der Waals surface area (Å²) >= 11 is 1.56. The number of benzene rings is 1. The molecule has 1 amide bonds. The van der Waals surface area contributed by atoms with Crippen LogP contribution in [0.25, 0.3) is 0 Å². The van der Waals surface area contributed by atoms with E-state index in [1.54, 1.807) is 34.7 Å². The molecule has 0 spiro atoms. The fourth-order valence-corrected chi connectivity index (χ4v) is 1.38. The van der Waals surface area contributed by atoms with Crippen molar-refractivity contribution in [2.24, 2.45) is 0 Å². The summed E-state index contributed by atoms with van der Waals surface area (Å²) in [7, 11) is 0. The van der Waals surface area contributed by atoms with E-state index in [2.05, 4.69) is 5.32 Å². The van der Waals surface area contributed by atoms with Crippen LogP contribution in [0.2, 0.25) is 0 Å². The summed E-state index contributed by atoms with van der Waals surface area (Å²) in [6.07, 6.45) is 6.24. The Morgan fingerprint density at radius 2 is 1.88 bits per heavy atom. The van der Waals surface area contributed by atoms with Crippen molar-refractivity contribution in [3.8, 4) is 0 Å². The number of amides is 1. The molecule has 17 heavy (non-hydrogen) atoms. The molecule has 1 N–H and O–H groups in total. The minimum absolute atomic E-state index is 0.0925. The van der Waals surface area contributed by atoms with Crippen molar-refractivity contribution < 1.29 is 13.6 Å². The first-order chi connectivity index (χ1) is 8.04. The van der Waals surface area contributed by atoms with Gasteiger partial charge in [-0.3, -0.25) is 4.79 Å². The SMILES string of the molecule is CC=CC=CC(=O)Nc1cc(F)c(I)c(F)c1. The molecule has 0 aliphatic rings. The number of carbonyl (C=O) groups is 1. The van der Waals surface area contributed by atoms with Crippen molar-refractivity contribution in [2.45, 2.75) is 6.92 Å². The molecule has 0 bridgehead atoms. The highest BCUT2D eigenvalue weighted by molar-refractivity contribution is 14.1. The van der Waals surface area contributed by atoms with Gasteiger partial charge in [-0.25, -0.2) is 8.78 Å². The van der Waals surface area contributed by atoms with Crippen molar-refractivity contribution in [1.82, 2.24) is 0 Å². The molecule has 0 heterocycles. The molecule has 90 valence electrons. The Labute approximate surface area is 112 Å². The molecule has 0 fully saturated rings. The zero-order valence-corrected chi connectivity index (χ0v) is 11.2. The third-order valence-electron chi connectivity index (χ3n) is 1.80. The lowest BCUT2D eigenvalue weighted by molar-refractivity contribution is -0.111. The highest BCUT2D eigenvalue weighted by atomic mass is 127. The van der Waals surface area contributed by atoms with Crippen LogP contribution in [0, 0.1) is 15.2 Å². The highest BCUT2D eigenvalue weighted by Gasteiger charge is 2.08. The Hall–Kier alpha value is -1.24. The standard InChI is InChI=1S/C12H10F2INO/c1-2-3-4-5-11(17)16-8-6-9(13)12(15)10(14)7-8/h2-7H,1H3,(H,16,17). The molecule has 0 saturated heterocycles. The van der Waals surface area contributed by atoms with E-state index >= 15 is 0 Å². The molecule has 0 saturated carbocycles. The van der Waals surface area contributed by atoms with E-state index in [-0.39, 0.29) is 9.26 Å². The topological polar surface area (TPSA) is 29.1 Å². The van der Waals surface area contributed by atoms with Gasteiger partial charge in [0.25, 0.3) is 0 Å².